The number of quaternary nitrogens is 1. The van der Waals surface area contributed by atoms with E-state index >= 15 is 0 Å². The Balaban J connectivity index is 2.07. The third-order valence-electron chi connectivity index (χ3n) is 4.72. The topological polar surface area (TPSA) is 98.1 Å². The molecule has 1 atom stereocenters. The van der Waals surface area contributed by atoms with E-state index in [9.17, 15) is 14.9 Å². The average Bonchev–Trinajstić information content (AvgIpc) is 2.68. The highest BCUT2D eigenvalue weighted by atomic mass is 16.6. The summed E-state index contributed by atoms with van der Waals surface area (Å²) in [4.78, 5) is 22.9. The van der Waals surface area contributed by atoms with Crippen molar-refractivity contribution in [1.29, 1.82) is 0 Å². The molecule has 0 aromatic heterocycles. The minimum atomic E-state index is -0.504. The first-order valence-electron chi connectivity index (χ1n) is 9.40. The Morgan fingerprint density at radius 1 is 1.21 bits per heavy atom. The predicted molar refractivity (Wildman–Crippen MR) is 108 cm³/mol. The van der Waals surface area contributed by atoms with Crippen LogP contribution < -0.4 is 15.4 Å². The molecule has 0 fully saturated rings. The number of rotatable bonds is 9. The molecule has 1 amide bonds. The van der Waals surface area contributed by atoms with Crippen molar-refractivity contribution < 1.29 is 19.8 Å². The van der Waals surface area contributed by atoms with Crippen LogP contribution in [0.1, 0.15) is 37.9 Å². The molecular formula is C21H28N3O4+. The van der Waals surface area contributed by atoms with E-state index in [1.54, 1.807) is 0 Å². The number of nitrogens with two attached hydrogens (primary N) is 1. The van der Waals surface area contributed by atoms with Gasteiger partial charge < -0.3 is 15.4 Å². The maximum atomic E-state index is 12.5. The van der Waals surface area contributed by atoms with Gasteiger partial charge >= 0.3 is 0 Å². The van der Waals surface area contributed by atoms with Crippen LogP contribution in [0.25, 0.3) is 0 Å². The summed E-state index contributed by atoms with van der Waals surface area (Å²) in [5.41, 5.74) is 2.65. The zero-order valence-electron chi connectivity index (χ0n) is 16.8. The van der Waals surface area contributed by atoms with Crippen molar-refractivity contribution in [2.45, 2.75) is 33.2 Å². The molecule has 0 aliphatic heterocycles. The standard InChI is InChI=1S/C21H27N3O4/c1-5-15-6-8-16(9-7-15)21(14(2)3)22-13-20(25)23-18-12-17(24(26)27)10-11-19(18)28-4/h6-12,14,21-22H,5,13H2,1-4H3,(H,23,25)/p+1/t21-/m0/s1. The number of aryl methyl sites for hydroxylation is 1. The van der Waals surface area contributed by atoms with Gasteiger partial charge in [0.1, 0.15) is 11.8 Å². The zero-order chi connectivity index (χ0) is 20.7. The number of nitrogens with one attached hydrogen (secondary N) is 1. The summed E-state index contributed by atoms with van der Waals surface area (Å²) in [6, 6.07) is 12.7. The maximum absolute atomic E-state index is 12.5. The molecule has 150 valence electrons. The molecule has 2 aromatic rings. The fraction of sp³-hybridized carbons (Fsp3) is 0.381. The Bertz CT molecular complexity index is 819. The first-order chi connectivity index (χ1) is 13.3. The predicted octanol–water partition coefficient (Wildman–Crippen LogP) is 3.07. The van der Waals surface area contributed by atoms with E-state index in [2.05, 4.69) is 50.4 Å². The van der Waals surface area contributed by atoms with Crippen molar-refractivity contribution >= 4 is 17.3 Å². The summed E-state index contributed by atoms with van der Waals surface area (Å²) in [6.07, 6.45) is 0.990. The lowest BCUT2D eigenvalue weighted by atomic mass is 9.95. The number of nitro groups is 1. The SMILES string of the molecule is CCc1ccc([C@@H]([NH2+]CC(=O)Nc2cc([N+](=O)[O-])ccc2OC)C(C)C)cc1. The van der Waals surface area contributed by atoms with Crippen molar-refractivity contribution in [3.05, 3.63) is 63.7 Å². The van der Waals surface area contributed by atoms with Gasteiger partial charge in [0.05, 0.1) is 17.7 Å². The van der Waals surface area contributed by atoms with E-state index < -0.39 is 4.92 Å². The van der Waals surface area contributed by atoms with E-state index in [-0.39, 0.29) is 24.2 Å². The van der Waals surface area contributed by atoms with Gasteiger partial charge in [0.15, 0.2) is 6.54 Å². The van der Waals surface area contributed by atoms with Gasteiger partial charge in [-0.15, -0.1) is 0 Å². The highest BCUT2D eigenvalue weighted by Gasteiger charge is 2.21. The average molecular weight is 386 g/mol. The lowest BCUT2D eigenvalue weighted by Crippen LogP contribution is -2.88. The van der Waals surface area contributed by atoms with Gasteiger partial charge in [-0.2, -0.15) is 0 Å². The number of hydrogen-bond donors (Lipinski definition) is 2. The van der Waals surface area contributed by atoms with E-state index in [0.29, 0.717) is 17.4 Å². The maximum Gasteiger partial charge on any atom is 0.279 e. The summed E-state index contributed by atoms with van der Waals surface area (Å²) in [5.74, 6) is 0.483. The lowest BCUT2D eigenvalue weighted by molar-refractivity contribution is -0.692. The second-order valence-corrected chi connectivity index (χ2v) is 6.99. The van der Waals surface area contributed by atoms with Crippen LogP contribution in [0.2, 0.25) is 0 Å². The molecule has 0 aliphatic carbocycles. The van der Waals surface area contributed by atoms with Crippen molar-refractivity contribution in [3.63, 3.8) is 0 Å². The summed E-state index contributed by atoms with van der Waals surface area (Å²) in [7, 11) is 1.46. The molecule has 7 heteroatoms. The van der Waals surface area contributed by atoms with Gasteiger partial charge in [0.25, 0.3) is 11.6 Å². The number of benzene rings is 2. The molecule has 2 aromatic carbocycles. The number of anilines is 1. The number of ether oxygens (including phenoxy) is 1. The van der Waals surface area contributed by atoms with Crippen molar-refractivity contribution in [2.24, 2.45) is 5.92 Å². The Labute approximate surface area is 165 Å². The molecule has 0 unspecified atom stereocenters. The molecule has 0 aliphatic rings. The molecule has 3 N–H and O–H groups in total. The van der Waals surface area contributed by atoms with Crippen LogP contribution in [-0.4, -0.2) is 24.5 Å². The number of amides is 1. The number of carbonyl (C=O) groups excluding carboxylic acids is 1. The fourth-order valence-electron chi connectivity index (χ4n) is 3.11. The van der Waals surface area contributed by atoms with Gasteiger partial charge in [-0.3, -0.25) is 14.9 Å². The number of methoxy groups -OCH3 is 1. The second kappa shape index (κ2) is 9.85. The summed E-state index contributed by atoms with van der Waals surface area (Å²) in [6.45, 7) is 6.56. The van der Waals surface area contributed by atoms with E-state index in [1.165, 1.54) is 36.4 Å². The second-order valence-electron chi connectivity index (χ2n) is 6.99. The quantitative estimate of drug-likeness (QED) is 0.511. The highest BCUT2D eigenvalue weighted by molar-refractivity contribution is 5.93. The molecule has 2 rings (SSSR count). The number of carbonyl (C=O) groups is 1. The number of nitrogens with zero attached hydrogens (tertiary/aromatic N) is 1. The third kappa shape index (κ3) is 5.53. The van der Waals surface area contributed by atoms with Crippen molar-refractivity contribution in [3.8, 4) is 5.75 Å². The first kappa shape index (κ1) is 21.4. The third-order valence-corrected chi connectivity index (χ3v) is 4.72. The minimum absolute atomic E-state index is 0.101. The molecule has 0 heterocycles. The van der Waals surface area contributed by atoms with Gasteiger partial charge in [-0.1, -0.05) is 45.0 Å². The van der Waals surface area contributed by atoms with Crippen molar-refractivity contribution in [2.75, 3.05) is 19.0 Å². The Kier molecular flexibility index (Phi) is 7.52. The van der Waals surface area contributed by atoms with E-state index in [4.69, 9.17) is 4.74 Å². The van der Waals surface area contributed by atoms with Crippen LogP contribution in [0.4, 0.5) is 11.4 Å². The number of hydrogen-bond acceptors (Lipinski definition) is 4. The summed E-state index contributed by atoms with van der Waals surface area (Å²) in [5, 5.41) is 15.7. The van der Waals surface area contributed by atoms with Gasteiger partial charge in [-0.25, -0.2) is 0 Å². The van der Waals surface area contributed by atoms with E-state index in [1.807, 2.05) is 5.32 Å². The van der Waals surface area contributed by atoms with Gasteiger partial charge in [0.2, 0.25) is 0 Å². The van der Waals surface area contributed by atoms with Crippen LogP contribution in [0, 0.1) is 16.0 Å². The van der Waals surface area contributed by atoms with Gasteiger partial charge in [0, 0.05) is 23.6 Å². The molecule has 0 spiro atoms. The molecule has 0 saturated carbocycles. The monoisotopic (exact) mass is 386 g/mol. The number of nitro benzene ring substituents is 1. The van der Waals surface area contributed by atoms with Crippen LogP contribution in [0.15, 0.2) is 42.5 Å². The Morgan fingerprint density at radius 3 is 2.43 bits per heavy atom. The Hall–Kier alpha value is -2.93. The number of non-ortho nitro benzene ring substituents is 1. The van der Waals surface area contributed by atoms with Crippen LogP contribution in [-0.2, 0) is 11.2 Å². The molecule has 7 nitrogen and oxygen atoms in total. The van der Waals surface area contributed by atoms with Gasteiger partial charge in [-0.05, 0) is 18.1 Å². The largest absolute Gasteiger partial charge is 0.495 e. The minimum Gasteiger partial charge on any atom is -0.495 e. The van der Waals surface area contributed by atoms with Crippen LogP contribution >= 0.6 is 0 Å². The smallest absolute Gasteiger partial charge is 0.279 e. The highest BCUT2D eigenvalue weighted by Crippen LogP contribution is 2.28. The Morgan fingerprint density at radius 2 is 1.89 bits per heavy atom. The summed E-state index contributed by atoms with van der Waals surface area (Å²) < 4.78 is 5.19. The molecule has 0 radical (unpaired) electrons. The molecule has 0 bridgehead atoms. The zero-order valence-corrected chi connectivity index (χ0v) is 16.8. The van der Waals surface area contributed by atoms with Crippen LogP contribution in [0.3, 0.4) is 0 Å². The molecule has 0 saturated heterocycles. The molecule has 28 heavy (non-hydrogen) atoms. The fourth-order valence-corrected chi connectivity index (χ4v) is 3.11. The lowest BCUT2D eigenvalue weighted by Gasteiger charge is -2.20. The van der Waals surface area contributed by atoms with Crippen molar-refractivity contribution in [1.82, 2.24) is 0 Å². The summed E-state index contributed by atoms with van der Waals surface area (Å²) >= 11 is 0. The van der Waals surface area contributed by atoms with E-state index in [0.717, 1.165) is 6.42 Å². The first-order valence-corrected chi connectivity index (χ1v) is 9.40. The normalized spacial score (nSPS) is 11.9. The molecular weight excluding hydrogens is 358 g/mol. The van der Waals surface area contributed by atoms with Crippen LogP contribution in [0.5, 0.6) is 5.75 Å².